The summed E-state index contributed by atoms with van der Waals surface area (Å²) in [5.74, 6) is -0.260. The Morgan fingerprint density at radius 1 is 1.23 bits per heavy atom. The highest BCUT2D eigenvalue weighted by atomic mass is 127. The monoisotopic (exact) mass is 479 g/mol. The first kappa shape index (κ1) is 18.9. The van der Waals surface area contributed by atoms with Crippen LogP contribution in [-0.4, -0.2) is 33.7 Å². The zero-order chi connectivity index (χ0) is 18.5. The number of hydrogen-bond donors (Lipinski definition) is 1. The van der Waals surface area contributed by atoms with Crippen molar-refractivity contribution in [3.05, 3.63) is 58.2 Å². The minimum absolute atomic E-state index is 0.0799. The van der Waals surface area contributed by atoms with Gasteiger partial charge in [0.05, 0.1) is 5.69 Å². The lowest BCUT2D eigenvalue weighted by molar-refractivity contribution is -0.129. The largest absolute Gasteiger partial charge is 0.325 e. The van der Waals surface area contributed by atoms with Crippen molar-refractivity contribution in [2.45, 2.75) is 18.6 Å². The molecular weight excluding hydrogens is 461 g/mol. The van der Waals surface area contributed by atoms with Crippen molar-refractivity contribution in [2.24, 2.45) is 4.99 Å². The van der Waals surface area contributed by atoms with E-state index in [1.165, 1.54) is 11.8 Å². The molecule has 26 heavy (non-hydrogen) atoms. The average Bonchev–Trinajstić information content (AvgIpc) is 2.64. The predicted octanol–water partition coefficient (Wildman–Crippen LogP) is 4.27. The van der Waals surface area contributed by atoms with Gasteiger partial charge in [0, 0.05) is 22.2 Å². The molecule has 5 nitrogen and oxygen atoms in total. The maximum absolute atomic E-state index is 12.6. The van der Waals surface area contributed by atoms with Crippen LogP contribution in [0, 0.1) is 3.57 Å². The molecule has 1 atom stereocenters. The van der Waals surface area contributed by atoms with Crippen LogP contribution in [0.4, 0.5) is 11.4 Å². The van der Waals surface area contributed by atoms with E-state index in [0.29, 0.717) is 11.7 Å². The molecule has 2 aromatic carbocycles. The second-order valence-electron chi connectivity index (χ2n) is 5.67. The van der Waals surface area contributed by atoms with Gasteiger partial charge in [0.25, 0.3) is 0 Å². The van der Waals surface area contributed by atoms with Crippen molar-refractivity contribution in [3.63, 3.8) is 0 Å². The molecule has 1 saturated heterocycles. The third-order valence-electron chi connectivity index (χ3n) is 3.84. The standard InChI is InChI=1S/C19H18IN3O2S/c1-2-23-17(24)12-16(18(25)21-14-6-4-3-5-7-14)26-19(23)22-15-10-8-13(20)9-11-15/h3-11,16H,2,12H2,1H3,(H,21,25)/t16-/m1/s1. The number of benzene rings is 2. The predicted molar refractivity (Wildman–Crippen MR) is 115 cm³/mol. The third kappa shape index (κ3) is 4.64. The zero-order valence-corrected chi connectivity index (χ0v) is 17.2. The van der Waals surface area contributed by atoms with Gasteiger partial charge in [-0.3, -0.25) is 14.5 Å². The number of para-hydroxylation sites is 1. The smallest absolute Gasteiger partial charge is 0.238 e. The van der Waals surface area contributed by atoms with E-state index in [1.54, 1.807) is 4.90 Å². The topological polar surface area (TPSA) is 61.8 Å². The summed E-state index contributed by atoms with van der Waals surface area (Å²) in [6.45, 7) is 2.44. The van der Waals surface area contributed by atoms with Crippen LogP contribution < -0.4 is 5.32 Å². The summed E-state index contributed by atoms with van der Waals surface area (Å²) < 4.78 is 1.12. The normalized spacial score (nSPS) is 18.8. The summed E-state index contributed by atoms with van der Waals surface area (Å²) in [7, 11) is 0. The van der Waals surface area contributed by atoms with Gasteiger partial charge >= 0.3 is 0 Å². The second-order valence-corrected chi connectivity index (χ2v) is 8.09. The number of carbonyl (C=O) groups is 2. The number of amides is 2. The van der Waals surface area contributed by atoms with Crippen LogP contribution in [0.15, 0.2) is 59.6 Å². The average molecular weight is 479 g/mol. The van der Waals surface area contributed by atoms with Gasteiger partial charge in [-0.25, -0.2) is 4.99 Å². The molecule has 1 aliphatic heterocycles. The summed E-state index contributed by atoms with van der Waals surface area (Å²) in [6, 6.07) is 17.0. The Morgan fingerprint density at radius 2 is 1.92 bits per heavy atom. The third-order valence-corrected chi connectivity index (χ3v) is 5.75. The highest BCUT2D eigenvalue weighted by molar-refractivity contribution is 14.1. The lowest BCUT2D eigenvalue weighted by atomic mass is 10.2. The van der Waals surface area contributed by atoms with Gasteiger partial charge in [0.15, 0.2) is 5.17 Å². The molecular formula is C19H18IN3O2S. The molecule has 0 spiro atoms. The van der Waals surface area contributed by atoms with Crippen LogP contribution >= 0.6 is 34.4 Å². The van der Waals surface area contributed by atoms with E-state index in [2.05, 4.69) is 32.9 Å². The molecule has 134 valence electrons. The summed E-state index contributed by atoms with van der Waals surface area (Å²) in [5, 5.41) is 2.95. The Bertz CT molecular complexity index is 824. The quantitative estimate of drug-likeness (QED) is 0.667. The number of rotatable bonds is 4. The molecule has 0 radical (unpaired) electrons. The SMILES string of the molecule is CCN1C(=O)C[C@H](C(=O)Nc2ccccc2)SC1=Nc1ccc(I)cc1. The number of aliphatic imine (C=N–C) groups is 1. The van der Waals surface area contributed by atoms with Gasteiger partial charge < -0.3 is 5.32 Å². The number of carbonyl (C=O) groups excluding carboxylic acids is 2. The van der Waals surface area contributed by atoms with Gasteiger partial charge in [-0.2, -0.15) is 0 Å². The van der Waals surface area contributed by atoms with Crippen molar-refractivity contribution >= 4 is 62.7 Å². The minimum atomic E-state index is -0.492. The molecule has 2 amide bonds. The fourth-order valence-corrected chi connectivity index (χ4v) is 4.05. The van der Waals surface area contributed by atoms with Gasteiger partial charge in [-0.15, -0.1) is 0 Å². The highest BCUT2D eigenvalue weighted by Crippen LogP contribution is 2.29. The minimum Gasteiger partial charge on any atom is -0.325 e. The number of nitrogens with one attached hydrogen (secondary N) is 1. The van der Waals surface area contributed by atoms with Crippen LogP contribution in [-0.2, 0) is 9.59 Å². The summed E-state index contributed by atoms with van der Waals surface area (Å²) in [6.07, 6.45) is 0.170. The first-order chi connectivity index (χ1) is 12.6. The van der Waals surface area contributed by atoms with E-state index >= 15 is 0 Å². The van der Waals surface area contributed by atoms with Crippen LogP contribution in [0.5, 0.6) is 0 Å². The molecule has 0 aliphatic carbocycles. The summed E-state index contributed by atoms with van der Waals surface area (Å²) >= 11 is 3.57. The van der Waals surface area contributed by atoms with E-state index < -0.39 is 5.25 Å². The molecule has 1 fully saturated rings. The Balaban J connectivity index is 1.80. The molecule has 3 rings (SSSR count). The van der Waals surface area contributed by atoms with E-state index in [4.69, 9.17) is 0 Å². The summed E-state index contributed by atoms with van der Waals surface area (Å²) in [4.78, 5) is 31.3. The van der Waals surface area contributed by atoms with E-state index in [0.717, 1.165) is 14.9 Å². The maximum Gasteiger partial charge on any atom is 0.238 e. The van der Waals surface area contributed by atoms with Gasteiger partial charge in [0.2, 0.25) is 11.8 Å². The van der Waals surface area contributed by atoms with Gasteiger partial charge in [0.1, 0.15) is 5.25 Å². The number of amidine groups is 1. The lowest BCUT2D eigenvalue weighted by Crippen LogP contribution is -2.45. The van der Waals surface area contributed by atoms with Crippen molar-refractivity contribution in [2.75, 3.05) is 11.9 Å². The molecule has 7 heteroatoms. The Labute approximate surface area is 170 Å². The lowest BCUT2D eigenvalue weighted by Gasteiger charge is -2.30. The van der Waals surface area contributed by atoms with E-state index in [-0.39, 0.29) is 18.2 Å². The fraction of sp³-hybridized carbons (Fsp3) is 0.211. The van der Waals surface area contributed by atoms with Crippen molar-refractivity contribution in [1.82, 2.24) is 4.90 Å². The molecule has 0 aromatic heterocycles. The number of nitrogens with zero attached hydrogens (tertiary/aromatic N) is 2. The highest BCUT2D eigenvalue weighted by Gasteiger charge is 2.35. The molecule has 0 saturated carbocycles. The zero-order valence-electron chi connectivity index (χ0n) is 14.2. The molecule has 1 N–H and O–H groups in total. The van der Waals surface area contributed by atoms with Gasteiger partial charge in [-0.05, 0) is 65.9 Å². The number of hydrogen-bond acceptors (Lipinski definition) is 4. The Morgan fingerprint density at radius 3 is 2.58 bits per heavy atom. The van der Waals surface area contributed by atoms with E-state index in [1.807, 2.05) is 61.5 Å². The Hall–Kier alpha value is -1.87. The number of anilines is 1. The van der Waals surface area contributed by atoms with Crippen molar-refractivity contribution in [1.29, 1.82) is 0 Å². The van der Waals surface area contributed by atoms with Crippen LogP contribution in [0.2, 0.25) is 0 Å². The van der Waals surface area contributed by atoms with Gasteiger partial charge in [-0.1, -0.05) is 30.0 Å². The van der Waals surface area contributed by atoms with Crippen molar-refractivity contribution < 1.29 is 9.59 Å². The Kier molecular flexibility index (Phi) is 6.31. The molecule has 1 heterocycles. The van der Waals surface area contributed by atoms with Crippen LogP contribution in [0.1, 0.15) is 13.3 Å². The molecule has 0 bridgehead atoms. The fourth-order valence-electron chi connectivity index (χ4n) is 2.52. The molecule has 1 aliphatic rings. The first-order valence-electron chi connectivity index (χ1n) is 8.24. The number of thioether (sulfide) groups is 1. The number of halogens is 1. The van der Waals surface area contributed by atoms with Crippen LogP contribution in [0.3, 0.4) is 0 Å². The summed E-state index contributed by atoms with van der Waals surface area (Å²) in [5.41, 5.74) is 1.49. The van der Waals surface area contributed by atoms with E-state index in [9.17, 15) is 9.59 Å². The molecule has 0 unspecified atom stereocenters. The maximum atomic E-state index is 12.6. The van der Waals surface area contributed by atoms with Crippen molar-refractivity contribution in [3.8, 4) is 0 Å². The molecule has 2 aromatic rings. The van der Waals surface area contributed by atoms with Crippen LogP contribution in [0.25, 0.3) is 0 Å². The first-order valence-corrected chi connectivity index (χ1v) is 10.2. The second kappa shape index (κ2) is 8.68.